The third-order valence-electron chi connectivity index (χ3n) is 10.9. The molecule has 6 atom stereocenters. The molecule has 1 heterocycles. The fraction of sp³-hybridized carbons (Fsp3) is 0.455. The summed E-state index contributed by atoms with van der Waals surface area (Å²) >= 11 is 0. The van der Waals surface area contributed by atoms with Crippen LogP contribution in [-0.2, 0) is 28.3 Å². The van der Waals surface area contributed by atoms with Crippen molar-refractivity contribution in [3.8, 4) is 5.75 Å². The minimum atomic E-state index is -3.53. The first-order chi connectivity index (χ1) is 18.6. The van der Waals surface area contributed by atoms with E-state index in [0.29, 0.717) is 34.8 Å². The first kappa shape index (κ1) is 25.2. The summed E-state index contributed by atoms with van der Waals surface area (Å²) in [5, 5.41) is 25.0. The first-order valence-corrected chi connectivity index (χ1v) is 15.9. The lowest BCUT2D eigenvalue weighted by Crippen LogP contribution is -2.49. The Kier molecular flexibility index (Phi) is 5.54. The van der Waals surface area contributed by atoms with Gasteiger partial charge in [-0.25, -0.2) is 8.42 Å². The van der Waals surface area contributed by atoms with Crippen LogP contribution in [0.15, 0.2) is 65.6 Å². The predicted molar refractivity (Wildman–Crippen MR) is 153 cm³/mol. The van der Waals surface area contributed by atoms with Gasteiger partial charge in [0.05, 0.1) is 10.5 Å². The van der Waals surface area contributed by atoms with E-state index in [0.717, 1.165) is 60.9 Å². The van der Waals surface area contributed by atoms with Gasteiger partial charge in [0, 0.05) is 17.5 Å². The number of benzene rings is 3. The number of aryl methyl sites for hydroxylation is 2. The van der Waals surface area contributed by atoms with Crippen molar-refractivity contribution in [3.05, 3.63) is 88.5 Å². The highest BCUT2D eigenvalue weighted by Gasteiger charge is 2.62. The van der Waals surface area contributed by atoms with E-state index >= 15 is 0 Å². The lowest BCUT2D eigenvalue weighted by Gasteiger charge is -2.53. The number of sulfone groups is 1. The smallest absolute Gasteiger partial charge is 0.199 e. The molecule has 3 aromatic rings. The van der Waals surface area contributed by atoms with Gasteiger partial charge in [-0.05, 0) is 116 Å². The normalized spacial score (nSPS) is 33.0. The number of aliphatic hydroxyl groups is 1. The molecule has 7 rings (SSSR count). The molecule has 0 spiro atoms. The third-order valence-corrected chi connectivity index (χ3v) is 12.9. The van der Waals surface area contributed by atoms with Crippen molar-refractivity contribution < 1.29 is 18.6 Å². The maximum atomic E-state index is 13.4. The van der Waals surface area contributed by atoms with E-state index in [4.69, 9.17) is 0 Å². The van der Waals surface area contributed by atoms with Crippen molar-refractivity contribution in [2.45, 2.75) is 80.6 Å². The van der Waals surface area contributed by atoms with Gasteiger partial charge < -0.3 is 15.5 Å². The summed E-state index contributed by atoms with van der Waals surface area (Å²) in [6.45, 7) is 4.25. The van der Waals surface area contributed by atoms with Crippen molar-refractivity contribution in [1.29, 1.82) is 0 Å². The fourth-order valence-corrected chi connectivity index (χ4v) is 10.2. The molecule has 0 amide bonds. The Morgan fingerprint density at radius 2 is 1.72 bits per heavy atom. The number of phenolic OH excluding ortho intramolecular Hbond substituents is 1. The highest BCUT2D eigenvalue weighted by Crippen LogP contribution is 2.67. The largest absolute Gasteiger partial charge is 0.508 e. The number of aromatic hydroxyl groups is 1. The zero-order valence-corrected chi connectivity index (χ0v) is 23.5. The summed E-state index contributed by atoms with van der Waals surface area (Å²) in [5.74, 6) is 1.81. The monoisotopic (exact) mass is 543 g/mol. The Bertz CT molecular complexity index is 1570. The van der Waals surface area contributed by atoms with Crippen LogP contribution in [0, 0.1) is 24.2 Å². The molecule has 4 aliphatic rings. The van der Waals surface area contributed by atoms with Crippen molar-refractivity contribution in [2.75, 3.05) is 5.32 Å². The minimum absolute atomic E-state index is 0.226. The van der Waals surface area contributed by atoms with E-state index in [2.05, 4.69) is 24.4 Å². The van der Waals surface area contributed by atoms with E-state index < -0.39 is 20.8 Å². The summed E-state index contributed by atoms with van der Waals surface area (Å²) in [6, 6.07) is 19.0. The van der Waals surface area contributed by atoms with E-state index in [-0.39, 0.29) is 5.41 Å². The van der Waals surface area contributed by atoms with Crippen molar-refractivity contribution in [2.24, 2.45) is 17.3 Å². The van der Waals surface area contributed by atoms with E-state index in [1.807, 2.05) is 43.3 Å². The Balaban J connectivity index is 1.16. The van der Waals surface area contributed by atoms with Crippen LogP contribution in [-0.4, -0.2) is 24.0 Å². The molecular formula is C33H37NO4S. The average molecular weight is 544 g/mol. The lowest BCUT2D eigenvalue weighted by molar-refractivity contribution is -0.108. The van der Waals surface area contributed by atoms with Crippen molar-refractivity contribution in [3.63, 3.8) is 0 Å². The molecule has 3 N–H and O–H groups in total. The molecule has 0 radical (unpaired) electrons. The molecule has 6 heteroatoms. The van der Waals surface area contributed by atoms with Gasteiger partial charge in [-0.3, -0.25) is 0 Å². The van der Waals surface area contributed by atoms with E-state index in [1.165, 1.54) is 11.1 Å². The molecular weight excluding hydrogens is 506 g/mol. The summed E-state index contributed by atoms with van der Waals surface area (Å²) in [7, 11) is -3.53. The first-order valence-electron chi connectivity index (χ1n) is 14.3. The number of rotatable bonds is 3. The van der Waals surface area contributed by atoms with Gasteiger partial charge in [0.25, 0.3) is 0 Å². The average Bonchev–Trinajstić information content (AvgIpc) is 3.48. The molecule has 0 saturated heterocycles. The lowest BCUT2D eigenvalue weighted by atomic mass is 9.52. The van der Waals surface area contributed by atoms with Gasteiger partial charge in [-0.1, -0.05) is 42.8 Å². The molecule has 39 heavy (non-hydrogen) atoms. The van der Waals surface area contributed by atoms with Crippen molar-refractivity contribution in [1.82, 2.24) is 0 Å². The maximum Gasteiger partial charge on any atom is 0.199 e. The van der Waals surface area contributed by atoms with E-state index in [1.54, 1.807) is 12.1 Å². The Morgan fingerprint density at radius 3 is 2.51 bits per heavy atom. The van der Waals surface area contributed by atoms with Crippen LogP contribution in [0.1, 0.15) is 72.8 Å². The van der Waals surface area contributed by atoms with Crippen LogP contribution in [0.3, 0.4) is 0 Å². The summed E-state index contributed by atoms with van der Waals surface area (Å²) < 4.78 is 26.7. The maximum absolute atomic E-state index is 13.4. The van der Waals surface area contributed by atoms with Gasteiger partial charge in [0.15, 0.2) is 9.84 Å². The second-order valence-electron chi connectivity index (χ2n) is 12.7. The zero-order valence-electron chi connectivity index (χ0n) is 22.7. The highest BCUT2D eigenvalue weighted by molar-refractivity contribution is 7.92. The molecule has 1 unspecified atom stereocenters. The van der Waals surface area contributed by atoms with Gasteiger partial charge in [-0.15, -0.1) is 0 Å². The number of phenols is 1. The van der Waals surface area contributed by atoms with E-state index in [9.17, 15) is 18.6 Å². The second-order valence-corrected chi connectivity index (χ2v) is 14.9. The molecule has 3 aromatic carbocycles. The SMILES string of the molecule is Cc1ccc(S(=O)(=O)C2Cc3cc([C@]4(O)CC[C@H]5[C@@H]6CCc7cc(O)ccc7[C@H]6CC[C@@]54C)ccc3N2)cc1. The number of anilines is 1. The van der Waals surface area contributed by atoms with Gasteiger partial charge in [0.2, 0.25) is 0 Å². The van der Waals surface area contributed by atoms with Gasteiger partial charge in [0.1, 0.15) is 11.1 Å². The van der Waals surface area contributed by atoms with Crippen LogP contribution in [0.5, 0.6) is 5.75 Å². The topological polar surface area (TPSA) is 86.6 Å². The van der Waals surface area contributed by atoms with Gasteiger partial charge >= 0.3 is 0 Å². The quantitative estimate of drug-likeness (QED) is 0.366. The number of nitrogens with one attached hydrogen (secondary N) is 1. The summed E-state index contributed by atoms with van der Waals surface area (Å²) in [5.41, 5.74) is 5.30. The molecule has 3 aliphatic carbocycles. The molecule has 0 bridgehead atoms. The second kappa shape index (κ2) is 8.58. The minimum Gasteiger partial charge on any atom is -0.508 e. The van der Waals surface area contributed by atoms with Crippen molar-refractivity contribution >= 4 is 15.5 Å². The van der Waals surface area contributed by atoms with Crippen LogP contribution in [0.4, 0.5) is 5.69 Å². The number of hydrogen-bond acceptors (Lipinski definition) is 5. The molecule has 2 fully saturated rings. The fourth-order valence-electron chi connectivity index (χ4n) is 8.72. The Labute approximate surface area is 231 Å². The molecule has 0 aromatic heterocycles. The predicted octanol–water partition coefficient (Wildman–Crippen LogP) is 6.21. The highest BCUT2D eigenvalue weighted by atomic mass is 32.2. The Hall–Kier alpha value is -2.83. The van der Waals surface area contributed by atoms with Crippen LogP contribution < -0.4 is 5.32 Å². The van der Waals surface area contributed by atoms with Crippen LogP contribution in [0.2, 0.25) is 0 Å². The zero-order chi connectivity index (χ0) is 27.2. The third kappa shape index (κ3) is 3.64. The number of hydrogen-bond donors (Lipinski definition) is 3. The molecule has 5 nitrogen and oxygen atoms in total. The van der Waals surface area contributed by atoms with Crippen LogP contribution >= 0.6 is 0 Å². The molecule has 1 aliphatic heterocycles. The summed E-state index contributed by atoms with van der Waals surface area (Å²) in [4.78, 5) is 0.337. The number of fused-ring (bicyclic) bond motifs is 6. The summed E-state index contributed by atoms with van der Waals surface area (Å²) in [6.07, 6.45) is 6.21. The Morgan fingerprint density at radius 1 is 0.923 bits per heavy atom. The standard InChI is InChI=1S/C33H37NO4S/c1-20-3-8-25(9-4-20)39(37,38)31-19-22-17-23(6-12-30(22)34-31)33(36)16-14-29-28-10-5-21-18-24(35)7-11-26(21)27(28)13-15-32(29,33)2/h3-4,6-9,11-12,17-18,27-29,31,34-36H,5,10,13-16,19H2,1-2H3/t27-,28-,29+,31?,32+,33-/m1/s1. The van der Waals surface area contributed by atoms with Gasteiger partial charge in [-0.2, -0.15) is 0 Å². The van der Waals surface area contributed by atoms with Crippen LogP contribution in [0.25, 0.3) is 0 Å². The molecule has 2 saturated carbocycles. The molecule has 204 valence electrons.